The number of hydrogen-bond donors (Lipinski definition) is 1. The number of aliphatic hydroxyl groups is 1. The Kier molecular flexibility index (Phi) is 6.87. The van der Waals surface area contributed by atoms with Crippen LogP contribution in [0.15, 0.2) is 29.2 Å². The van der Waals surface area contributed by atoms with E-state index < -0.39 is 0 Å². The Labute approximate surface area is 135 Å². The molecule has 0 radical (unpaired) electrons. The van der Waals surface area contributed by atoms with Gasteiger partial charge in [0, 0.05) is 34.7 Å². The van der Waals surface area contributed by atoms with Crippen LogP contribution in [0, 0.1) is 0 Å². The van der Waals surface area contributed by atoms with Crippen LogP contribution in [0.3, 0.4) is 0 Å². The third-order valence-electron chi connectivity index (χ3n) is 3.83. The molecular formula is C16H22ClNO2S. The van der Waals surface area contributed by atoms with E-state index in [9.17, 15) is 4.79 Å². The zero-order chi connectivity index (χ0) is 15.1. The van der Waals surface area contributed by atoms with E-state index in [2.05, 4.69) is 0 Å². The van der Waals surface area contributed by atoms with Crippen molar-refractivity contribution in [1.29, 1.82) is 0 Å². The van der Waals surface area contributed by atoms with E-state index in [1.807, 2.05) is 29.2 Å². The first-order valence-corrected chi connectivity index (χ1v) is 8.86. The van der Waals surface area contributed by atoms with Crippen LogP contribution in [-0.4, -0.2) is 40.9 Å². The van der Waals surface area contributed by atoms with Gasteiger partial charge in [0.05, 0.1) is 6.61 Å². The number of carbonyl (C=O) groups excluding carboxylic acids is 1. The maximum Gasteiger partial charge on any atom is 0.223 e. The first kappa shape index (κ1) is 16.7. The number of thioether (sulfide) groups is 1. The largest absolute Gasteiger partial charge is 0.395 e. The molecule has 21 heavy (non-hydrogen) atoms. The van der Waals surface area contributed by atoms with E-state index in [0.29, 0.717) is 19.0 Å². The van der Waals surface area contributed by atoms with Crippen molar-refractivity contribution in [3.63, 3.8) is 0 Å². The molecule has 1 aromatic carbocycles. The Morgan fingerprint density at radius 3 is 2.57 bits per heavy atom. The number of hydrogen-bond acceptors (Lipinski definition) is 3. The predicted octanol–water partition coefficient (Wildman–Crippen LogP) is 3.59. The molecule has 0 aromatic heterocycles. The van der Waals surface area contributed by atoms with E-state index in [4.69, 9.17) is 16.7 Å². The van der Waals surface area contributed by atoms with Gasteiger partial charge in [0.1, 0.15) is 0 Å². The molecule has 5 heteroatoms. The van der Waals surface area contributed by atoms with Crippen molar-refractivity contribution in [3.05, 3.63) is 29.3 Å². The Morgan fingerprint density at radius 2 is 1.95 bits per heavy atom. The van der Waals surface area contributed by atoms with Gasteiger partial charge in [-0.25, -0.2) is 0 Å². The molecule has 1 aliphatic carbocycles. The van der Waals surface area contributed by atoms with Gasteiger partial charge < -0.3 is 10.0 Å². The molecule has 1 N–H and O–H groups in total. The van der Waals surface area contributed by atoms with Gasteiger partial charge in [-0.05, 0) is 37.1 Å². The molecule has 0 spiro atoms. The highest BCUT2D eigenvalue weighted by Crippen LogP contribution is 2.25. The van der Waals surface area contributed by atoms with Gasteiger partial charge in [0.15, 0.2) is 0 Å². The second-order valence-corrected chi connectivity index (χ2v) is 6.91. The summed E-state index contributed by atoms with van der Waals surface area (Å²) in [6.45, 7) is 0.516. The Morgan fingerprint density at radius 1 is 1.29 bits per heavy atom. The van der Waals surface area contributed by atoms with Crippen molar-refractivity contribution in [2.75, 3.05) is 18.9 Å². The minimum atomic E-state index is 0.0482. The van der Waals surface area contributed by atoms with Gasteiger partial charge in [-0.15, -0.1) is 11.8 Å². The smallest absolute Gasteiger partial charge is 0.223 e. The van der Waals surface area contributed by atoms with Crippen molar-refractivity contribution in [2.24, 2.45) is 0 Å². The number of carbonyl (C=O) groups is 1. The fourth-order valence-corrected chi connectivity index (χ4v) is 3.73. The number of amides is 1. The molecule has 0 atom stereocenters. The van der Waals surface area contributed by atoms with Gasteiger partial charge in [-0.2, -0.15) is 0 Å². The standard InChI is InChI=1S/C16H22ClNO2S/c17-13-5-7-15(8-6-13)21-12-9-16(20)18(10-11-19)14-3-1-2-4-14/h5-8,14,19H,1-4,9-12H2. The second kappa shape index (κ2) is 8.66. The molecule has 1 fully saturated rings. The summed E-state index contributed by atoms with van der Waals surface area (Å²) in [5.74, 6) is 0.923. The van der Waals surface area contributed by atoms with Crippen LogP contribution in [0.25, 0.3) is 0 Å². The van der Waals surface area contributed by atoms with Gasteiger partial charge in [-0.1, -0.05) is 24.4 Å². The number of aliphatic hydroxyl groups excluding tert-OH is 1. The average Bonchev–Trinajstić information content (AvgIpc) is 3.00. The average molecular weight is 328 g/mol. The van der Waals surface area contributed by atoms with Gasteiger partial charge in [-0.3, -0.25) is 4.79 Å². The van der Waals surface area contributed by atoms with Crippen LogP contribution in [-0.2, 0) is 4.79 Å². The second-order valence-electron chi connectivity index (χ2n) is 5.30. The summed E-state index contributed by atoms with van der Waals surface area (Å²) in [6, 6.07) is 8.01. The summed E-state index contributed by atoms with van der Waals surface area (Å²) in [7, 11) is 0. The summed E-state index contributed by atoms with van der Waals surface area (Å²) in [5, 5.41) is 9.89. The Bertz CT molecular complexity index is 446. The predicted molar refractivity (Wildman–Crippen MR) is 87.8 cm³/mol. The lowest BCUT2D eigenvalue weighted by Gasteiger charge is -2.28. The molecule has 1 aliphatic rings. The molecule has 0 unspecified atom stereocenters. The molecule has 2 rings (SSSR count). The fourth-order valence-electron chi connectivity index (χ4n) is 2.77. The normalized spacial score (nSPS) is 15.3. The highest BCUT2D eigenvalue weighted by molar-refractivity contribution is 7.99. The lowest BCUT2D eigenvalue weighted by Crippen LogP contribution is -2.40. The van der Waals surface area contributed by atoms with E-state index in [1.165, 1.54) is 12.8 Å². The summed E-state index contributed by atoms with van der Waals surface area (Å²) in [6.07, 6.45) is 5.06. The van der Waals surface area contributed by atoms with Gasteiger partial charge in [0.25, 0.3) is 0 Å². The van der Waals surface area contributed by atoms with Crippen molar-refractivity contribution in [3.8, 4) is 0 Å². The van der Waals surface area contributed by atoms with Crippen LogP contribution in [0.1, 0.15) is 32.1 Å². The van der Waals surface area contributed by atoms with E-state index >= 15 is 0 Å². The van der Waals surface area contributed by atoms with Crippen molar-refractivity contribution in [1.82, 2.24) is 4.90 Å². The third-order valence-corrected chi connectivity index (χ3v) is 5.09. The van der Waals surface area contributed by atoms with Gasteiger partial charge in [0.2, 0.25) is 5.91 Å². The lowest BCUT2D eigenvalue weighted by atomic mass is 10.2. The molecule has 0 saturated heterocycles. The monoisotopic (exact) mass is 327 g/mol. The SMILES string of the molecule is O=C(CCSc1ccc(Cl)cc1)N(CCO)C1CCCC1. The minimum absolute atomic E-state index is 0.0482. The van der Waals surface area contributed by atoms with Crippen LogP contribution >= 0.6 is 23.4 Å². The molecule has 0 aliphatic heterocycles. The van der Waals surface area contributed by atoms with Crippen LogP contribution in [0.2, 0.25) is 5.02 Å². The minimum Gasteiger partial charge on any atom is -0.395 e. The molecule has 1 amide bonds. The zero-order valence-corrected chi connectivity index (χ0v) is 13.7. The maximum atomic E-state index is 12.3. The van der Waals surface area contributed by atoms with Crippen molar-refractivity contribution < 1.29 is 9.90 Å². The van der Waals surface area contributed by atoms with E-state index in [1.54, 1.807) is 11.8 Å². The first-order chi connectivity index (χ1) is 10.2. The number of rotatable bonds is 7. The highest BCUT2D eigenvalue weighted by Gasteiger charge is 2.25. The Hall–Kier alpha value is -0.710. The molecular weight excluding hydrogens is 306 g/mol. The molecule has 116 valence electrons. The maximum absolute atomic E-state index is 12.3. The van der Waals surface area contributed by atoms with Crippen LogP contribution < -0.4 is 0 Å². The fraction of sp³-hybridized carbons (Fsp3) is 0.562. The number of benzene rings is 1. The number of halogens is 1. The summed E-state index contributed by atoms with van der Waals surface area (Å²) < 4.78 is 0. The third kappa shape index (κ3) is 5.20. The topological polar surface area (TPSA) is 40.5 Å². The molecule has 1 saturated carbocycles. The van der Waals surface area contributed by atoms with E-state index in [-0.39, 0.29) is 12.5 Å². The van der Waals surface area contributed by atoms with Crippen molar-refractivity contribution >= 4 is 29.3 Å². The van der Waals surface area contributed by atoms with Crippen LogP contribution in [0.4, 0.5) is 0 Å². The van der Waals surface area contributed by atoms with Crippen LogP contribution in [0.5, 0.6) is 0 Å². The molecule has 3 nitrogen and oxygen atoms in total. The molecule has 0 heterocycles. The van der Waals surface area contributed by atoms with Gasteiger partial charge >= 0.3 is 0 Å². The summed E-state index contributed by atoms with van der Waals surface area (Å²) in [4.78, 5) is 15.4. The first-order valence-electron chi connectivity index (χ1n) is 7.49. The molecule has 0 bridgehead atoms. The summed E-state index contributed by atoms with van der Waals surface area (Å²) in [5.41, 5.74) is 0. The zero-order valence-electron chi connectivity index (χ0n) is 12.1. The summed E-state index contributed by atoms with van der Waals surface area (Å²) >= 11 is 7.52. The lowest BCUT2D eigenvalue weighted by molar-refractivity contribution is -0.133. The number of nitrogens with zero attached hydrogens (tertiary/aromatic N) is 1. The van der Waals surface area contributed by atoms with E-state index in [0.717, 1.165) is 28.5 Å². The molecule has 1 aromatic rings. The highest BCUT2D eigenvalue weighted by atomic mass is 35.5. The Balaban J connectivity index is 1.79. The quantitative estimate of drug-likeness (QED) is 0.778. The van der Waals surface area contributed by atoms with Crippen molar-refractivity contribution in [2.45, 2.75) is 43.0 Å².